The third kappa shape index (κ3) is 5.11. The Balaban J connectivity index is 1.80. The summed E-state index contributed by atoms with van der Waals surface area (Å²) in [7, 11) is 1.74. The van der Waals surface area contributed by atoms with Gasteiger partial charge in [0.15, 0.2) is 0 Å². The average molecular weight is 450 g/mol. The third-order valence-electron chi connectivity index (χ3n) is 5.63. The van der Waals surface area contributed by atoms with E-state index in [1.165, 1.54) is 5.39 Å². The number of aromatic nitrogens is 3. The van der Waals surface area contributed by atoms with Crippen molar-refractivity contribution in [2.24, 2.45) is 0 Å². The standard InChI is InChI=1S/C28H27N5O/c1-18(2)27-24(16-30-17-31-27)23-12-14-26(33-28(34)19(3)29-4)32-25(23)13-10-20-9-11-21-7-5-6-8-22(21)15-20/h5-9,11-12,14-19,29H,1-4H3,(H,32,33,34). The first-order chi connectivity index (χ1) is 16.5. The van der Waals surface area contributed by atoms with Crippen molar-refractivity contribution in [1.82, 2.24) is 20.3 Å². The van der Waals surface area contributed by atoms with Crippen LogP contribution < -0.4 is 10.6 Å². The molecule has 0 saturated carbocycles. The van der Waals surface area contributed by atoms with Crippen molar-refractivity contribution in [2.75, 3.05) is 12.4 Å². The van der Waals surface area contributed by atoms with E-state index in [2.05, 4.69) is 70.6 Å². The number of nitrogens with zero attached hydrogens (tertiary/aromatic N) is 3. The number of benzene rings is 2. The molecule has 6 nitrogen and oxygen atoms in total. The molecule has 1 amide bonds. The molecule has 34 heavy (non-hydrogen) atoms. The Bertz CT molecular complexity index is 1400. The lowest BCUT2D eigenvalue weighted by Crippen LogP contribution is -2.35. The normalized spacial score (nSPS) is 11.7. The summed E-state index contributed by atoms with van der Waals surface area (Å²) in [5.41, 5.74) is 4.08. The SMILES string of the molecule is CNC(C)C(=O)Nc1ccc(-c2cncnc2C(C)C)c(C#Cc2ccc3ccccc3c2)n1. The third-order valence-corrected chi connectivity index (χ3v) is 5.63. The molecule has 2 N–H and O–H groups in total. The van der Waals surface area contributed by atoms with Crippen LogP contribution in [0.1, 0.15) is 43.6 Å². The largest absolute Gasteiger partial charge is 0.309 e. The zero-order valence-corrected chi connectivity index (χ0v) is 19.8. The number of carbonyl (C=O) groups is 1. The fraction of sp³-hybridized carbons (Fsp3) is 0.214. The molecule has 2 aromatic carbocycles. The number of anilines is 1. The van der Waals surface area contributed by atoms with Crippen LogP contribution in [-0.4, -0.2) is 33.9 Å². The van der Waals surface area contributed by atoms with Crippen LogP contribution in [-0.2, 0) is 4.79 Å². The van der Waals surface area contributed by atoms with Gasteiger partial charge in [-0.25, -0.2) is 15.0 Å². The van der Waals surface area contributed by atoms with E-state index in [4.69, 9.17) is 4.98 Å². The first kappa shape index (κ1) is 23.1. The maximum Gasteiger partial charge on any atom is 0.242 e. The Hall–Kier alpha value is -4.08. The molecule has 6 heteroatoms. The molecule has 0 radical (unpaired) electrons. The van der Waals surface area contributed by atoms with E-state index in [0.29, 0.717) is 11.5 Å². The minimum Gasteiger partial charge on any atom is -0.309 e. The van der Waals surface area contributed by atoms with Crippen molar-refractivity contribution in [3.05, 3.63) is 84.1 Å². The van der Waals surface area contributed by atoms with Gasteiger partial charge in [-0.3, -0.25) is 4.79 Å². The molecular formula is C28H27N5O. The molecule has 1 unspecified atom stereocenters. The molecule has 4 aromatic rings. The average Bonchev–Trinajstić information content (AvgIpc) is 2.86. The zero-order chi connectivity index (χ0) is 24.1. The summed E-state index contributed by atoms with van der Waals surface area (Å²) in [4.78, 5) is 25.8. The highest BCUT2D eigenvalue weighted by molar-refractivity contribution is 5.94. The van der Waals surface area contributed by atoms with Crippen LogP contribution in [0.5, 0.6) is 0 Å². The Morgan fingerprint density at radius 2 is 1.74 bits per heavy atom. The summed E-state index contributed by atoms with van der Waals surface area (Å²) in [6.07, 6.45) is 3.35. The molecule has 0 fully saturated rings. The second-order valence-electron chi connectivity index (χ2n) is 8.38. The van der Waals surface area contributed by atoms with E-state index in [1.807, 2.05) is 24.3 Å². The second-order valence-corrected chi connectivity index (χ2v) is 8.38. The van der Waals surface area contributed by atoms with Crippen molar-refractivity contribution in [3.8, 4) is 23.0 Å². The molecule has 1 atom stereocenters. The van der Waals surface area contributed by atoms with E-state index in [9.17, 15) is 4.79 Å². The predicted octanol–water partition coefficient (Wildman–Crippen LogP) is 4.76. The maximum absolute atomic E-state index is 12.4. The summed E-state index contributed by atoms with van der Waals surface area (Å²) in [5, 5.41) is 8.09. The highest BCUT2D eigenvalue weighted by Crippen LogP contribution is 2.29. The summed E-state index contributed by atoms with van der Waals surface area (Å²) >= 11 is 0. The molecule has 0 aliphatic carbocycles. The molecule has 0 aliphatic heterocycles. The highest BCUT2D eigenvalue weighted by Gasteiger charge is 2.16. The van der Waals surface area contributed by atoms with Crippen LogP contribution in [0.2, 0.25) is 0 Å². The zero-order valence-electron chi connectivity index (χ0n) is 19.8. The Kier molecular flexibility index (Phi) is 6.95. The minimum atomic E-state index is -0.344. The highest BCUT2D eigenvalue weighted by atomic mass is 16.2. The monoisotopic (exact) mass is 449 g/mol. The smallest absolute Gasteiger partial charge is 0.242 e. The summed E-state index contributed by atoms with van der Waals surface area (Å²) in [6, 6.07) is 17.7. The summed E-state index contributed by atoms with van der Waals surface area (Å²) in [6.45, 7) is 5.97. The summed E-state index contributed by atoms with van der Waals surface area (Å²) < 4.78 is 0. The van der Waals surface area contributed by atoms with Crippen molar-refractivity contribution in [1.29, 1.82) is 0 Å². The molecular weight excluding hydrogens is 422 g/mol. The Morgan fingerprint density at radius 1 is 0.941 bits per heavy atom. The molecule has 0 saturated heterocycles. The van der Waals surface area contributed by atoms with Gasteiger partial charge in [0.05, 0.1) is 11.7 Å². The number of fused-ring (bicyclic) bond motifs is 1. The lowest BCUT2D eigenvalue weighted by molar-refractivity contribution is -0.117. The second kappa shape index (κ2) is 10.2. The van der Waals surface area contributed by atoms with Gasteiger partial charge in [0.25, 0.3) is 0 Å². The number of hydrogen-bond donors (Lipinski definition) is 2. The van der Waals surface area contributed by atoms with Crippen LogP contribution in [0, 0.1) is 11.8 Å². The molecule has 170 valence electrons. The van der Waals surface area contributed by atoms with Crippen molar-refractivity contribution < 1.29 is 4.79 Å². The van der Waals surface area contributed by atoms with Gasteiger partial charge in [-0.1, -0.05) is 50.1 Å². The number of pyridine rings is 1. The van der Waals surface area contributed by atoms with Gasteiger partial charge in [0.2, 0.25) is 5.91 Å². The van der Waals surface area contributed by atoms with Crippen LogP contribution in [0.3, 0.4) is 0 Å². The fourth-order valence-electron chi connectivity index (χ4n) is 3.61. The van der Waals surface area contributed by atoms with Crippen molar-refractivity contribution >= 4 is 22.5 Å². The molecule has 2 aromatic heterocycles. The van der Waals surface area contributed by atoms with Gasteiger partial charge in [-0.2, -0.15) is 0 Å². The topological polar surface area (TPSA) is 79.8 Å². The van der Waals surface area contributed by atoms with E-state index in [1.54, 1.807) is 32.6 Å². The van der Waals surface area contributed by atoms with Gasteiger partial charge in [-0.15, -0.1) is 0 Å². The molecule has 0 spiro atoms. The summed E-state index contributed by atoms with van der Waals surface area (Å²) in [5.74, 6) is 6.97. The number of carbonyl (C=O) groups excluding carboxylic acids is 1. The van der Waals surface area contributed by atoms with E-state index >= 15 is 0 Å². The van der Waals surface area contributed by atoms with Gasteiger partial charge in [0.1, 0.15) is 17.8 Å². The quantitative estimate of drug-likeness (QED) is 0.430. The van der Waals surface area contributed by atoms with E-state index in [0.717, 1.165) is 27.8 Å². The lowest BCUT2D eigenvalue weighted by atomic mass is 9.97. The lowest BCUT2D eigenvalue weighted by Gasteiger charge is -2.14. The molecule has 2 heterocycles. The number of amides is 1. The van der Waals surface area contributed by atoms with Gasteiger partial charge < -0.3 is 10.6 Å². The number of rotatable bonds is 5. The van der Waals surface area contributed by atoms with Crippen molar-refractivity contribution in [2.45, 2.75) is 32.7 Å². The number of hydrogen-bond acceptors (Lipinski definition) is 5. The van der Waals surface area contributed by atoms with Crippen LogP contribution >= 0.6 is 0 Å². The predicted molar refractivity (Wildman–Crippen MR) is 136 cm³/mol. The minimum absolute atomic E-state index is 0.165. The van der Waals surface area contributed by atoms with Gasteiger partial charge >= 0.3 is 0 Å². The van der Waals surface area contributed by atoms with Crippen LogP contribution in [0.4, 0.5) is 5.82 Å². The Morgan fingerprint density at radius 3 is 2.50 bits per heavy atom. The van der Waals surface area contributed by atoms with E-state index in [-0.39, 0.29) is 17.9 Å². The number of nitrogens with one attached hydrogen (secondary N) is 2. The molecule has 0 aliphatic rings. The van der Waals surface area contributed by atoms with Gasteiger partial charge in [-0.05, 0) is 60.8 Å². The van der Waals surface area contributed by atoms with E-state index < -0.39 is 0 Å². The first-order valence-corrected chi connectivity index (χ1v) is 11.3. The fourth-order valence-corrected chi connectivity index (χ4v) is 3.61. The van der Waals surface area contributed by atoms with Gasteiger partial charge in [0, 0.05) is 22.9 Å². The Labute approximate surface area is 199 Å². The first-order valence-electron chi connectivity index (χ1n) is 11.3. The molecule has 4 rings (SSSR count). The molecule has 0 bridgehead atoms. The number of likely N-dealkylation sites (N-methyl/N-ethyl adjacent to an activating group) is 1. The van der Waals surface area contributed by atoms with Crippen LogP contribution in [0.15, 0.2) is 67.1 Å². The van der Waals surface area contributed by atoms with Crippen molar-refractivity contribution in [3.63, 3.8) is 0 Å². The van der Waals surface area contributed by atoms with Crippen LogP contribution in [0.25, 0.3) is 21.9 Å². The maximum atomic E-state index is 12.4.